The molecule has 20 heavy (non-hydrogen) atoms. The maximum Gasteiger partial charge on any atom is 0.433 e. The van der Waals surface area contributed by atoms with Gasteiger partial charge in [0.1, 0.15) is 16.3 Å². The molecule has 8 nitrogen and oxygen atoms in total. The van der Waals surface area contributed by atoms with E-state index < -0.39 is 22.6 Å². The van der Waals surface area contributed by atoms with Crippen LogP contribution < -0.4 is 5.32 Å². The Morgan fingerprint density at radius 2 is 2.20 bits per heavy atom. The number of nitrogens with zero attached hydrogens (tertiary/aromatic N) is 2. The number of carbonyl (C=O) groups excluding carboxylic acids is 2. The van der Waals surface area contributed by atoms with Gasteiger partial charge in [-0.05, 0) is 31.3 Å². The van der Waals surface area contributed by atoms with Gasteiger partial charge in [-0.3, -0.25) is 29.9 Å². The highest BCUT2D eigenvalue weighted by Crippen LogP contribution is 2.20. The minimum Gasteiger partial charge on any atom is -0.401 e. The lowest BCUT2D eigenvalue weighted by molar-refractivity contribution is -0.402. The van der Waals surface area contributed by atoms with E-state index in [1.54, 1.807) is 6.92 Å². The molecule has 2 heterocycles. The molecule has 0 aliphatic carbocycles. The highest BCUT2D eigenvalue weighted by Gasteiger charge is 2.32. The van der Waals surface area contributed by atoms with Crippen molar-refractivity contribution in [2.45, 2.75) is 6.92 Å². The fourth-order valence-electron chi connectivity index (χ4n) is 1.64. The summed E-state index contributed by atoms with van der Waals surface area (Å²) in [6.45, 7) is 2.00. The second-order valence-corrected chi connectivity index (χ2v) is 4.19. The van der Waals surface area contributed by atoms with E-state index in [-0.39, 0.29) is 16.4 Å². The molecule has 0 bridgehead atoms. The summed E-state index contributed by atoms with van der Waals surface area (Å²) < 4.78 is 4.88. The summed E-state index contributed by atoms with van der Waals surface area (Å²) in [6, 6.07) is 2.44. The van der Waals surface area contributed by atoms with E-state index >= 15 is 0 Å². The minimum absolute atomic E-state index is 0.0325. The molecule has 1 aromatic rings. The van der Waals surface area contributed by atoms with Crippen LogP contribution in [-0.4, -0.2) is 33.3 Å². The van der Waals surface area contributed by atoms with Crippen molar-refractivity contribution in [3.63, 3.8) is 0 Å². The number of carbonyl (C=O) groups is 2. The van der Waals surface area contributed by atoms with Gasteiger partial charge in [0.15, 0.2) is 5.11 Å². The Morgan fingerprint density at radius 3 is 2.75 bits per heavy atom. The van der Waals surface area contributed by atoms with E-state index in [2.05, 4.69) is 5.32 Å². The molecule has 1 aliphatic heterocycles. The Hall–Kier alpha value is -2.55. The number of hydrogen-bond donors (Lipinski definition) is 1. The maximum atomic E-state index is 12.1. The Bertz CT molecular complexity index is 648. The van der Waals surface area contributed by atoms with Crippen LogP contribution in [-0.2, 0) is 9.59 Å². The molecule has 1 saturated heterocycles. The van der Waals surface area contributed by atoms with E-state index in [1.807, 2.05) is 0 Å². The van der Waals surface area contributed by atoms with E-state index in [0.717, 1.165) is 12.1 Å². The molecule has 0 atom stereocenters. The summed E-state index contributed by atoms with van der Waals surface area (Å²) in [4.78, 5) is 34.8. The molecule has 0 saturated carbocycles. The van der Waals surface area contributed by atoms with Gasteiger partial charge in [0.05, 0.1) is 6.07 Å². The smallest absolute Gasteiger partial charge is 0.401 e. The lowest BCUT2D eigenvalue weighted by atomic mass is 10.1. The first-order valence-electron chi connectivity index (χ1n) is 5.57. The van der Waals surface area contributed by atoms with Crippen LogP contribution in [0.15, 0.2) is 22.1 Å². The lowest BCUT2D eigenvalue weighted by Gasteiger charge is -2.27. The van der Waals surface area contributed by atoms with Crippen molar-refractivity contribution < 1.29 is 18.9 Å². The molecule has 9 heteroatoms. The second-order valence-electron chi connectivity index (χ2n) is 3.80. The zero-order chi connectivity index (χ0) is 14.9. The standard InChI is InChI=1S/C11H9N3O5S/c1-2-13-10(16)7(9(15)12-11(13)20)5-6-3-4-8(19-6)14(17)18/h3-5H,2H2,1H3,(H,12,15,20)/b7-5+. The van der Waals surface area contributed by atoms with Gasteiger partial charge in [-0.2, -0.15) is 0 Å². The summed E-state index contributed by atoms with van der Waals surface area (Å²) in [6.07, 6.45) is 1.15. The predicted molar refractivity (Wildman–Crippen MR) is 71.5 cm³/mol. The number of thiocarbonyl (C=S) groups is 1. The van der Waals surface area contributed by atoms with Gasteiger partial charge in [-0.1, -0.05) is 0 Å². The van der Waals surface area contributed by atoms with Crippen molar-refractivity contribution in [2.75, 3.05) is 6.54 Å². The van der Waals surface area contributed by atoms with Crippen LogP contribution >= 0.6 is 12.2 Å². The molecular weight excluding hydrogens is 286 g/mol. The molecule has 1 N–H and O–H groups in total. The number of likely N-dealkylation sites (N-methyl/N-ethyl adjacent to an activating group) is 1. The third kappa shape index (κ3) is 2.43. The number of amides is 2. The van der Waals surface area contributed by atoms with Crippen LogP contribution in [0.4, 0.5) is 5.88 Å². The van der Waals surface area contributed by atoms with Gasteiger partial charge >= 0.3 is 5.88 Å². The highest BCUT2D eigenvalue weighted by atomic mass is 32.1. The zero-order valence-corrected chi connectivity index (χ0v) is 11.1. The fraction of sp³-hybridized carbons (Fsp3) is 0.182. The summed E-state index contributed by atoms with van der Waals surface area (Å²) in [5.41, 5.74) is -0.190. The van der Waals surface area contributed by atoms with E-state index in [4.69, 9.17) is 16.6 Å². The summed E-state index contributed by atoms with van der Waals surface area (Å²) in [7, 11) is 0. The SMILES string of the molecule is CCN1C(=O)/C(=C/c2ccc([N+](=O)[O-])o2)C(=O)NC1=S. The van der Waals surface area contributed by atoms with Crippen LogP contribution in [0.25, 0.3) is 6.08 Å². The summed E-state index contributed by atoms with van der Waals surface area (Å²) in [5.74, 6) is -1.66. The molecule has 1 fully saturated rings. The number of nitrogens with one attached hydrogen (secondary N) is 1. The summed E-state index contributed by atoms with van der Waals surface area (Å²) >= 11 is 4.87. The van der Waals surface area contributed by atoms with Crippen LogP contribution in [0, 0.1) is 10.1 Å². The maximum absolute atomic E-state index is 12.1. The van der Waals surface area contributed by atoms with Crippen LogP contribution in [0.1, 0.15) is 12.7 Å². The Morgan fingerprint density at radius 1 is 1.50 bits per heavy atom. The zero-order valence-electron chi connectivity index (χ0n) is 10.3. The molecule has 104 valence electrons. The highest BCUT2D eigenvalue weighted by molar-refractivity contribution is 7.80. The van der Waals surface area contributed by atoms with Gasteiger partial charge in [-0.25, -0.2) is 0 Å². The normalized spacial score (nSPS) is 17.6. The third-order valence-electron chi connectivity index (χ3n) is 2.58. The van der Waals surface area contributed by atoms with Gasteiger partial charge in [0.2, 0.25) is 0 Å². The Labute approximate surface area is 118 Å². The topological polar surface area (TPSA) is 106 Å². The van der Waals surface area contributed by atoms with Gasteiger partial charge in [0.25, 0.3) is 11.8 Å². The molecule has 1 aliphatic rings. The van der Waals surface area contributed by atoms with Crippen LogP contribution in [0.2, 0.25) is 0 Å². The molecule has 0 aromatic carbocycles. The minimum atomic E-state index is -0.710. The first-order chi connectivity index (χ1) is 9.43. The lowest BCUT2D eigenvalue weighted by Crippen LogP contribution is -2.53. The van der Waals surface area contributed by atoms with E-state index in [9.17, 15) is 19.7 Å². The monoisotopic (exact) mass is 295 g/mol. The predicted octanol–water partition coefficient (Wildman–Crippen LogP) is 0.834. The van der Waals surface area contributed by atoms with Crippen molar-refractivity contribution in [2.24, 2.45) is 0 Å². The molecule has 1 aromatic heterocycles. The molecule has 0 unspecified atom stereocenters. The van der Waals surface area contributed by atoms with Gasteiger partial charge in [-0.15, -0.1) is 0 Å². The van der Waals surface area contributed by atoms with Crippen molar-refractivity contribution in [3.05, 3.63) is 33.6 Å². The second kappa shape index (κ2) is 5.21. The number of nitro groups is 1. The first kappa shape index (κ1) is 13.9. The van der Waals surface area contributed by atoms with Crippen molar-refractivity contribution >= 4 is 41.1 Å². The van der Waals surface area contributed by atoms with Gasteiger partial charge in [0, 0.05) is 6.54 Å². The quantitative estimate of drug-likeness (QED) is 0.291. The molecule has 0 spiro atoms. The van der Waals surface area contributed by atoms with E-state index in [1.165, 1.54) is 11.0 Å². The molecule has 0 radical (unpaired) electrons. The fourth-order valence-corrected chi connectivity index (χ4v) is 1.95. The molecule has 2 rings (SSSR count). The third-order valence-corrected chi connectivity index (χ3v) is 2.90. The molecular formula is C11H9N3O5S. The van der Waals surface area contributed by atoms with Crippen molar-refractivity contribution in [3.8, 4) is 0 Å². The van der Waals surface area contributed by atoms with E-state index in [0.29, 0.717) is 6.54 Å². The van der Waals surface area contributed by atoms with Crippen LogP contribution in [0.3, 0.4) is 0 Å². The van der Waals surface area contributed by atoms with Gasteiger partial charge < -0.3 is 4.42 Å². The van der Waals surface area contributed by atoms with Crippen molar-refractivity contribution in [1.29, 1.82) is 0 Å². The largest absolute Gasteiger partial charge is 0.433 e. The average Bonchev–Trinajstić information content (AvgIpc) is 2.83. The number of furan rings is 1. The van der Waals surface area contributed by atoms with Crippen molar-refractivity contribution in [1.82, 2.24) is 10.2 Å². The summed E-state index contributed by atoms with van der Waals surface area (Å²) in [5, 5.41) is 12.9. The average molecular weight is 295 g/mol. The Kier molecular flexibility index (Phi) is 3.61. The number of hydrogen-bond acceptors (Lipinski definition) is 6. The Balaban J connectivity index is 2.36. The molecule has 2 amide bonds. The van der Waals surface area contributed by atoms with Crippen LogP contribution in [0.5, 0.6) is 0 Å². The first-order valence-corrected chi connectivity index (χ1v) is 5.98. The number of rotatable bonds is 3.